The molecule has 0 radical (unpaired) electrons. The van der Waals surface area contributed by atoms with Crippen LogP contribution in [0, 0.1) is 12.3 Å². The van der Waals surface area contributed by atoms with Gasteiger partial charge in [-0.2, -0.15) is 4.31 Å². The van der Waals surface area contributed by atoms with Gasteiger partial charge in [0.1, 0.15) is 11.3 Å². The summed E-state index contributed by atoms with van der Waals surface area (Å²) in [5, 5.41) is 2.95. The average Bonchev–Trinajstić information content (AvgIpc) is 2.73. The maximum Gasteiger partial charge on any atom is 0.243 e. The van der Waals surface area contributed by atoms with Gasteiger partial charge in [0, 0.05) is 26.2 Å². The van der Waals surface area contributed by atoms with Crippen LogP contribution in [0.5, 0.6) is 5.75 Å². The van der Waals surface area contributed by atoms with Gasteiger partial charge in [-0.1, -0.05) is 19.8 Å². The van der Waals surface area contributed by atoms with E-state index in [2.05, 4.69) is 11.2 Å². The number of carbonyl (C=O) groups excluding carboxylic acids is 1. The minimum Gasteiger partial charge on any atom is -0.494 e. The Morgan fingerprint density at radius 2 is 1.72 bits per heavy atom. The molecule has 1 aromatic rings. The SMILES string of the molecule is C#CC(CC)(CC)NC(=O)CN1CCN(S(=O)(=O)c2ccc(OCC)cc2)CC1. The molecular formula is C21H31N3O4S. The summed E-state index contributed by atoms with van der Waals surface area (Å²) in [7, 11) is -3.56. The average molecular weight is 422 g/mol. The van der Waals surface area contributed by atoms with Crippen LogP contribution in [0.2, 0.25) is 0 Å². The minimum absolute atomic E-state index is 0.130. The normalized spacial score (nSPS) is 16.2. The first-order chi connectivity index (χ1) is 13.8. The van der Waals surface area contributed by atoms with Crippen LogP contribution in [-0.4, -0.2) is 68.4 Å². The number of sulfonamides is 1. The molecule has 1 aromatic carbocycles. The molecule has 0 atom stereocenters. The quantitative estimate of drug-likeness (QED) is 0.614. The number of nitrogens with one attached hydrogen (secondary N) is 1. The summed E-state index contributed by atoms with van der Waals surface area (Å²) in [5.74, 6) is 3.21. The second kappa shape index (κ2) is 10.1. The van der Waals surface area contributed by atoms with Gasteiger partial charge in [0.05, 0.1) is 18.0 Å². The molecule has 8 heteroatoms. The van der Waals surface area contributed by atoms with Crippen LogP contribution in [-0.2, 0) is 14.8 Å². The summed E-state index contributed by atoms with van der Waals surface area (Å²) in [5.41, 5.74) is -0.615. The molecule has 0 unspecified atom stereocenters. The number of nitrogens with zero attached hydrogens (tertiary/aromatic N) is 2. The van der Waals surface area contributed by atoms with Gasteiger partial charge in [-0.3, -0.25) is 9.69 Å². The van der Waals surface area contributed by atoms with Crippen LogP contribution in [0.4, 0.5) is 0 Å². The molecule has 1 aliphatic heterocycles. The molecule has 1 N–H and O–H groups in total. The lowest BCUT2D eigenvalue weighted by atomic mass is 9.94. The van der Waals surface area contributed by atoms with E-state index < -0.39 is 15.6 Å². The fourth-order valence-corrected chi connectivity index (χ4v) is 4.75. The largest absolute Gasteiger partial charge is 0.494 e. The first-order valence-corrected chi connectivity index (χ1v) is 11.5. The minimum atomic E-state index is -3.56. The molecular weight excluding hydrogens is 390 g/mol. The van der Waals surface area contributed by atoms with Gasteiger partial charge < -0.3 is 10.1 Å². The third-order valence-corrected chi connectivity index (χ3v) is 7.25. The zero-order valence-electron chi connectivity index (χ0n) is 17.5. The highest BCUT2D eigenvalue weighted by molar-refractivity contribution is 7.89. The van der Waals surface area contributed by atoms with Gasteiger partial charge in [0.25, 0.3) is 0 Å². The predicted octanol–water partition coefficient (Wildman–Crippen LogP) is 1.70. The van der Waals surface area contributed by atoms with E-state index in [-0.39, 0.29) is 17.3 Å². The molecule has 1 aliphatic rings. The van der Waals surface area contributed by atoms with Crippen molar-refractivity contribution in [1.29, 1.82) is 0 Å². The summed E-state index contributed by atoms with van der Waals surface area (Å²) >= 11 is 0. The highest BCUT2D eigenvalue weighted by Crippen LogP contribution is 2.21. The Kier molecular flexibility index (Phi) is 8.08. The maximum absolute atomic E-state index is 12.9. The third kappa shape index (κ3) is 5.72. The molecule has 160 valence electrons. The molecule has 0 aliphatic carbocycles. The molecule has 0 bridgehead atoms. The number of hydrogen-bond acceptors (Lipinski definition) is 5. The van der Waals surface area contributed by atoms with Crippen molar-refractivity contribution < 1.29 is 17.9 Å². The number of terminal acetylenes is 1. The van der Waals surface area contributed by atoms with Crippen molar-refractivity contribution in [2.75, 3.05) is 39.3 Å². The van der Waals surface area contributed by atoms with Crippen LogP contribution >= 0.6 is 0 Å². The van der Waals surface area contributed by atoms with Crippen LogP contribution in [0.25, 0.3) is 0 Å². The lowest BCUT2D eigenvalue weighted by molar-refractivity contribution is -0.123. The van der Waals surface area contributed by atoms with Crippen molar-refractivity contribution in [3.05, 3.63) is 24.3 Å². The van der Waals surface area contributed by atoms with Crippen LogP contribution in [0.3, 0.4) is 0 Å². The highest BCUT2D eigenvalue weighted by Gasteiger charge is 2.30. The Hall–Kier alpha value is -2.08. The van der Waals surface area contributed by atoms with E-state index in [1.54, 1.807) is 24.3 Å². The molecule has 1 saturated heterocycles. The second-order valence-electron chi connectivity index (χ2n) is 7.07. The monoisotopic (exact) mass is 421 g/mol. The Morgan fingerprint density at radius 3 is 2.21 bits per heavy atom. The number of rotatable bonds is 9. The van der Waals surface area contributed by atoms with Crippen molar-refractivity contribution in [2.45, 2.75) is 44.0 Å². The van der Waals surface area contributed by atoms with Crippen molar-refractivity contribution in [1.82, 2.24) is 14.5 Å². The highest BCUT2D eigenvalue weighted by atomic mass is 32.2. The number of carbonyl (C=O) groups is 1. The third-order valence-electron chi connectivity index (χ3n) is 5.33. The van der Waals surface area contributed by atoms with E-state index in [0.717, 1.165) is 0 Å². The molecule has 7 nitrogen and oxygen atoms in total. The number of amides is 1. The van der Waals surface area contributed by atoms with Crippen molar-refractivity contribution in [2.24, 2.45) is 0 Å². The molecule has 0 spiro atoms. The van der Waals surface area contributed by atoms with Gasteiger partial charge >= 0.3 is 0 Å². The summed E-state index contributed by atoms with van der Waals surface area (Å²) < 4.78 is 32.5. The van der Waals surface area contributed by atoms with E-state index >= 15 is 0 Å². The van der Waals surface area contributed by atoms with Crippen LogP contribution < -0.4 is 10.1 Å². The smallest absolute Gasteiger partial charge is 0.243 e. The second-order valence-corrected chi connectivity index (χ2v) is 9.00. The molecule has 2 rings (SSSR count). The fourth-order valence-electron chi connectivity index (χ4n) is 3.33. The summed E-state index contributed by atoms with van der Waals surface area (Å²) in [6.07, 6.45) is 6.93. The Bertz CT molecular complexity index is 818. The van der Waals surface area contributed by atoms with E-state index in [9.17, 15) is 13.2 Å². The van der Waals surface area contributed by atoms with Crippen LogP contribution in [0.15, 0.2) is 29.2 Å². The fraction of sp³-hybridized carbons (Fsp3) is 0.571. The Morgan fingerprint density at radius 1 is 1.14 bits per heavy atom. The van der Waals surface area contributed by atoms with Gasteiger partial charge in [-0.15, -0.1) is 6.42 Å². The first kappa shape index (κ1) is 23.2. The number of piperazine rings is 1. The standard InChI is InChI=1S/C21H31N3O4S/c1-5-21(6-2,7-3)22-20(25)17-23-13-15-24(16-14-23)29(26,27)19-11-9-18(10-12-19)28-8-4/h1,9-12H,6-8,13-17H2,2-4H3,(H,22,25). The zero-order valence-corrected chi connectivity index (χ0v) is 18.3. The predicted molar refractivity (Wildman–Crippen MR) is 113 cm³/mol. The summed E-state index contributed by atoms with van der Waals surface area (Å²) in [4.78, 5) is 14.6. The van der Waals surface area contributed by atoms with Crippen LogP contribution in [0.1, 0.15) is 33.6 Å². The zero-order chi connectivity index (χ0) is 21.5. The van der Waals surface area contributed by atoms with Crippen molar-refractivity contribution in [3.8, 4) is 18.1 Å². The number of benzene rings is 1. The number of hydrogen-bond donors (Lipinski definition) is 1. The van der Waals surface area contributed by atoms with E-state index in [1.807, 2.05) is 25.7 Å². The molecule has 0 saturated carbocycles. The number of ether oxygens (including phenoxy) is 1. The Labute approximate surface area is 174 Å². The summed E-state index contributed by atoms with van der Waals surface area (Å²) in [6.45, 7) is 8.18. The first-order valence-electron chi connectivity index (χ1n) is 10.0. The summed E-state index contributed by atoms with van der Waals surface area (Å²) in [6, 6.07) is 6.45. The topological polar surface area (TPSA) is 79.0 Å². The molecule has 29 heavy (non-hydrogen) atoms. The van der Waals surface area contributed by atoms with E-state index in [4.69, 9.17) is 11.2 Å². The molecule has 1 heterocycles. The van der Waals surface area contributed by atoms with Gasteiger partial charge in [-0.05, 0) is 44.0 Å². The van der Waals surface area contributed by atoms with E-state index in [1.165, 1.54) is 4.31 Å². The van der Waals surface area contributed by atoms with Crippen molar-refractivity contribution >= 4 is 15.9 Å². The van der Waals surface area contributed by atoms with Crippen molar-refractivity contribution in [3.63, 3.8) is 0 Å². The molecule has 0 aromatic heterocycles. The molecule has 1 amide bonds. The lowest BCUT2D eigenvalue weighted by Gasteiger charge is -2.34. The Balaban J connectivity index is 1.92. The molecule has 1 fully saturated rings. The van der Waals surface area contributed by atoms with Gasteiger partial charge in [0.15, 0.2) is 0 Å². The maximum atomic E-state index is 12.9. The lowest BCUT2D eigenvalue weighted by Crippen LogP contribution is -2.54. The van der Waals surface area contributed by atoms with Gasteiger partial charge in [0.2, 0.25) is 15.9 Å². The van der Waals surface area contributed by atoms with Gasteiger partial charge in [-0.25, -0.2) is 8.42 Å². The van der Waals surface area contributed by atoms with E-state index in [0.29, 0.717) is 51.4 Å².